The number of anilines is 2. The summed E-state index contributed by atoms with van der Waals surface area (Å²) in [6.07, 6.45) is 1.96. The van der Waals surface area contributed by atoms with Crippen LogP contribution < -0.4 is 10.2 Å². The number of aromatic nitrogens is 2. The van der Waals surface area contributed by atoms with Crippen LogP contribution in [0.4, 0.5) is 20.2 Å². The van der Waals surface area contributed by atoms with Crippen molar-refractivity contribution in [1.29, 1.82) is 0 Å². The monoisotopic (exact) mass is 616 g/mol. The molecule has 1 fully saturated rings. The zero-order chi connectivity index (χ0) is 30.7. The summed E-state index contributed by atoms with van der Waals surface area (Å²) in [6.45, 7) is 3.07. The van der Waals surface area contributed by atoms with Crippen LogP contribution in [0.3, 0.4) is 0 Å². The number of nitrogens with one attached hydrogen (secondary N) is 2. The molecule has 1 saturated heterocycles. The van der Waals surface area contributed by atoms with Gasteiger partial charge >= 0.3 is 0 Å². The quantitative estimate of drug-likeness (QED) is 0.316. The lowest BCUT2D eigenvalue weighted by Crippen LogP contribution is -2.36. The van der Waals surface area contributed by atoms with Gasteiger partial charge in [0, 0.05) is 93.2 Å². The number of Topliss-reactive ketones (excluding diaryl/α,β-unsaturated/α-hetero) is 1. The number of likely N-dealkylation sites (N-methyl/N-ethyl adjacent to an activating group) is 2. The number of ketones is 1. The molecule has 13 heteroatoms. The van der Waals surface area contributed by atoms with Crippen LogP contribution in [0.2, 0.25) is 0 Å². The molecular formula is C30H38F2N6O4S. The van der Waals surface area contributed by atoms with Gasteiger partial charge < -0.3 is 19.9 Å². The second-order valence-electron chi connectivity index (χ2n) is 11.4. The number of aromatic amines is 1. The molecule has 1 aromatic heterocycles. The summed E-state index contributed by atoms with van der Waals surface area (Å²) in [7, 11) is 1.90. The number of H-pyrrole nitrogens is 1. The van der Waals surface area contributed by atoms with E-state index in [4.69, 9.17) is 4.74 Å². The fourth-order valence-electron chi connectivity index (χ4n) is 5.43. The van der Waals surface area contributed by atoms with Crippen LogP contribution in [0.5, 0.6) is 0 Å². The summed E-state index contributed by atoms with van der Waals surface area (Å²) in [5.74, 6) is -2.09. The van der Waals surface area contributed by atoms with Crippen LogP contribution in [-0.2, 0) is 34.1 Å². The molecule has 0 atom stereocenters. The molecule has 0 radical (unpaired) electrons. The molecule has 0 saturated carbocycles. The van der Waals surface area contributed by atoms with E-state index in [1.165, 1.54) is 4.31 Å². The van der Waals surface area contributed by atoms with E-state index in [1.807, 2.05) is 39.3 Å². The zero-order valence-corrected chi connectivity index (χ0v) is 25.5. The molecule has 3 aromatic rings. The van der Waals surface area contributed by atoms with Gasteiger partial charge in [-0.25, -0.2) is 17.2 Å². The number of ether oxygens (including phenoxy) is 1. The lowest BCUT2D eigenvalue weighted by molar-refractivity contribution is 0.0904. The lowest BCUT2D eigenvalue weighted by atomic mass is 9.98. The van der Waals surface area contributed by atoms with Crippen molar-refractivity contribution >= 4 is 27.2 Å². The molecule has 0 amide bonds. The van der Waals surface area contributed by atoms with Gasteiger partial charge in [0.05, 0.1) is 17.0 Å². The number of nitrogens with zero attached hydrogens (tertiary/aromatic N) is 4. The third-order valence-corrected chi connectivity index (χ3v) is 9.82. The fourth-order valence-corrected chi connectivity index (χ4v) is 6.88. The Labute approximate surface area is 251 Å². The van der Waals surface area contributed by atoms with Gasteiger partial charge in [-0.05, 0) is 57.3 Å². The molecule has 10 nitrogen and oxygen atoms in total. The Kier molecular flexibility index (Phi) is 9.45. The molecule has 43 heavy (non-hydrogen) atoms. The molecule has 0 bridgehead atoms. The minimum absolute atomic E-state index is 0.0351. The molecule has 2 aromatic carbocycles. The second kappa shape index (κ2) is 13.1. The molecule has 2 N–H and O–H groups in total. The third-order valence-electron chi connectivity index (χ3n) is 7.99. The first-order chi connectivity index (χ1) is 20.5. The maximum atomic E-state index is 13.8. The number of hydrogen-bond acceptors (Lipinski definition) is 8. The van der Waals surface area contributed by atoms with Crippen molar-refractivity contribution in [3.05, 3.63) is 70.5 Å². The summed E-state index contributed by atoms with van der Waals surface area (Å²) in [5, 5.41) is 10.9. The first kappa shape index (κ1) is 31.0. The Morgan fingerprint density at radius 3 is 2.51 bits per heavy atom. The molecule has 2 aliphatic rings. The highest BCUT2D eigenvalue weighted by atomic mass is 32.2. The van der Waals surface area contributed by atoms with Gasteiger partial charge in [0.25, 0.3) is 0 Å². The van der Waals surface area contributed by atoms with Crippen molar-refractivity contribution in [2.45, 2.75) is 43.2 Å². The van der Waals surface area contributed by atoms with Crippen molar-refractivity contribution in [2.75, 3.05) is 64.2 Å². The van der Waals surface area contributed by atoms with Crippen molar-refractivity contribution in [3.63, 3.8) is 0 Å². The Morgan fingerprint density at radius 2 is 1.81 bits per heavy atom. The van der Waals surface area contributed by atoms with Crippen molar-refractivity contribution in [3.8, 4) is 0 Å². The molecule has 5 rings (SSSR count). The van der Waals surface area contributed by atoms with Gasteiger partial charge in [0.1, 0.15) is 11.6 Å². The highest BCUT2D eigenvalue weighted by Gasteiger charge is 2.32. The van der Waals surface area contributed by atoms with Crippen molar-refractivity contribution in [1.82, 2.24) is 19.4 Å². The Balaban J connectivity index is 1.38. The second-order valence-corrected chi connectivity index (χ2v) is 13.3. The number of carbonyl (C=O) groups is 1. The zero-order valence-electron chi connectivity index (χ0n) is 24.7. The van der Waals surface area contributed by atoms with Gasteiger partial charge in [0.15, 0.2) is 5.78 Å². The first-order valence-electron chi connectivity index (χ1n) is 14.4. The van der Waals surface area contributed by atoms with Gasteiger partial charge in [-0.1, -0.05) is 0 Å². The summed E-state index contributed by atoms with van der Waals surface area (Å²) in [5.41, 5.74) is 4.07. The normalized spacial score (nSPS) is 16.3. The van der Waals surface area contributed by atoms with Crippen LogP contribution >= 0.6 is 0 Å². The van der Waals surface area contributed by atoms with E-state index in [1.54, 1.807) is 0 Å². The number of halogens is 2. The van der Waals surface area contributed by atoms with E-state index in [0.717, 1.165) is 55.1 Å². The first-order valence-corrected chi connectivity index (χ1v) is 15.8. The Bertz CT molecular complexity index is 1550. The molecule has 232 valence electrons. The Hall–Kier alpha value is -3.39. The van der Waals surface area contributed by atoms with Crippen LogP contribution in [0.25, 0.3) is 0 Å². The van der Waals surface area contributed by atoms with E-state index in [0.29, 0.717) is 42.5 Å². The topological polar surface area (TPSA) is 111 Å². The number of hydrogen-bond donors (Lipinski definition) is 2. The molecular weight excluding hydrogens is 578 g/mol. The lowest BCUT2D eigenvalue weighted by Gasteiger charge is -2.27. The van der Waals surface area contributed by atoms with Gasteiger partial charge in [-0.3, -0.25) is 9.89 Å². The van der Waals surface area contributed by atoms with E-state index in [-0.39, 0.29) is 31.3 Å². The van der Waals surface area contributed by atoms with Gasteiger partial charge in [0.2, 0.25) is 10.0 Å². The largest absolute Gasteiger partial charge is 0.381 e. The van der Waals surface area contributed by atoms with E-state index >= 15 is 0 Å². The Morgan fingerprint density at radius 1 is 1.09 bits per heavy atom. The summed E-state index contributed by atoms with van der Waals surface area (Å²) >= 11 is 0. The highest BCUT2D eigenvalue weighted by molar-refractivity contribution is 7.89. The van der Waals surface area contributed by atoms with Crippen LogP contribution in [0, 0.1) is 11.6 Å². The minimum atomic E-state index is -4.17. The van der Waals surface area contributed by atoms with Crippen LogP contribution in [-0.4, -0.2) is 93.6 Å². The third kappa shape index (κ3) is 7.23. The molecule has 0 aliphatic carbocycles. The number of sulfonamides is 1. The van der Waals surface area contributed by atoms with E-state index in [2.05, 4.69) is 25.3 Å². The molecule has 0 spiro atoms. The highest BCUT2D eigenvalue weighted by Crippen LogP contribution is 2.30. The number of rotatable bonds is 11. The van der Waals surface area contributed by atoms with Crippen LogP contribution in [0.15, 0.2) is 41.3 Å². The predicted molar refractivity (Wildman–Crippen MR) is 160 cm³/mol. The molecule has 3 heterocycles. The standard InChI is InChI=1S/C30H38F2N6O4S/c1-36(2)10-11-37(3)23-4-5-25(28(17-23)33-22-7-12-42-13-8-22)30(39)18-29-26-19-38(9-6-27(26)34-35-29)43(40,41)24-15-20(31)14-21(32)16-24/h4-5,14-17,22,33H,6-13,18-19H2,1-3H3,(H,34,35). The van der Waals surface area contributed by atoms with Crippen molar-refractivity contribution in [2.24, 2.45) is 0 Å². The summed E-state index contributed by atoms with van der Waals surface area (Å²) < 4.78 is 60.8. The number of benzene rings is 2. The number of fused-ring (bicyclic) bond motifs is 1. The average molecular weight is 617 g/mol. The average Bonchev–Trinajstić information content (AvgIpc) is 3.37. The summed E-state index contributed by atoms with van der Waals surface area (Å²) in [4.78, 5) is 17.6. The van der Waals surface area contributed by atoms with Gasteiger partial charge in [-0.15, -0.1) is 0 Å². The van der Waals surface area contributed by atoms with Crippen LogP contribution in [0.1, 0.15) is 40.2 Å². The van der Waals surface area contributed by atoms with Crippen molar-refractivity contribution < 1.29 is 26.7 Å². The molecule has 0 unspecified atom stereocenters. The van der Waals surface area contributed by atoms with E-state index < -0.39 is 26.6 Å². The molecule has 2 aliphatic heterocycles. The van der Waals surface area contributed by atoms with Gasteiger partial charge in [-0.2, -0.15) is 9.40 Å². The predicted octanol–water partition coefficient (Wildman–Crippen LogP) is 3.45. The maximum absolute atomic E-state index is 13.8. The minimum Gasteiger partial charge on any atom is -0.381 e. The number of carbonyl (C=O) groups excluding carboxylic acids is 1. The maximum Gasteiger partial charge on any atom is 0.243 e. The smallest absolute Gasteiger partial charge is 0.243 e. The fraction of sp³-hybridized carbons (Fsp3) is 0.467. The SMILES string of the molecule is CN(C)CCN(C)c1ccc(C(=O)Cc2n[nH]c3c2CN(S(=O)(=O)c2cc(F)cc(F)c2)CC3)c(NC2CCOCC2)c1. The summed E-state index contributed by atoms with van der Waals surface area (Å²) in [6, 6.07) is 8.19. The van der Waals surface area contributed by atoms with E-state index in [9.17, 15) is 22.0 Å².